The normalized spacial score (nSPS) is 12.0. The number of aromatic amines is 1. The zero-order valence-electron chi connectivity index (χ0n) is 10.5. The Morgan fingerprint density at radius 2 is 2.09 bits per heavy atom. The molecule has 0 amide bonds. The van der Waals surface area contributed by atoms with Crippen LogP contribution in [0.4, 0.5) is 18.0 Å². The Hall–Kier alpha value is -3.04. The number of alkyl halides is 3. The number of halogens is 3. The van der Waals surface area contributed by atoms with Crippen LogP contribution in [0.3, 0.4) is 0 Å². The molecule has 0 aliphatic heterocycles. The quantitative estimate of drug-likeness (QED) is 0.672. The van der Waals surface area contributed by atoms with Crippen molar-refractivity contribution >= 4 is 22.8 Å². The Kier molecular flexibility index (Phi) is 2.83. The second kappa shape index (κ2) is 4.48. The zero-order chi connectivity index (χ0) is 16.1. The van der Waals surface area contributed by atoms with E-state index in [4.69, 9.17) is 5.11 Å². The van der Waals surface area contributed by atoms with Gasteiger partial charge in [0.2, 0.25) is 11.5 Å². The molecule has 0 spiro atoms. The molecule has 0 bridgehead atoms. The van der Waals surface area contributed by atoms with Gasteiger partial charge in [0.15, 0.2) is 0 Å². The second-order valence-corrected chi connectivity index (χ2v) is 4.32. The monoisotopic (exact) mass is 313 g/mol. The lowest BCUT2D eigenvalue weighted by Crippen LogP contribution is -2.12. The molecule has 3 aromatic rings. The fraction of sp³-hybridized carbons (Fsp3) is 0.0833. The average Bonchev–Trinajstić information content (AvgIpc) is 2.80. The van der Waals surface area contributed by atoms with Crippen LogP contribution in [-0.2, 0) is 6.18 Å². The van der Waals surface area contributed by atoms with Crippen LogP contribution in [0.2, 0.25) is 0 Å². The van der Waals surface area contributed by atoms with Crippen molar-refractivity contribution in [1.29, 1.82) is 0 Å². The Labute approximate surface area is 118 Å². The summed E-state index contributed by atoms with van der Waals surface area (Å²) in [6.07, 6.45) is -5.07. The number of carboxylic acid groups (broad SMARTS) is 1. The van der Waals surface area contributed by atoms with Crippen LogP contribution in [0.5, 0.6) is 5.88 Å². The fourth-order valence-corrected chi connectivity index (χ4v) is 2.04. The van der Waals surface area contributed by atoms with Crippen LogP contribution in [0.25, 0.3) is 16.7 Å². The zero-order valence-corrected chi connectivity index (χ0v) is 10.5. The molecule has 2 N–H and O–H groups in total. The predicted molar refractivity (Wildman–Crippen MR) is 67.0 cm³/mol. The van der Waals surface area contributed by atoms with Crippen molar-refractivity contribution in [2.75, 3.05) is 0 Å². The number of rotatable bonds is 1. The van der Waals surface area contributed by atoms with Gasteiger partial charge in [-0.25, -0.2) is 4.79 Å². The molecule has 3 rings (SSSR count). The summed E-state index contributed by atoms with van der Waals surface area (Å²) in [7, 11) is 0. The highest BCUT2D eigenvalue weighted by atomic mass is 19.4. The summed E-state index contributed by atoms with van der Waals surface area (Å²) in [4.78, 5) is 28.2. The maximum atomic E-state index is 12.7. The van der Waals surface area contributed by atoms with Crippen LogP contribution < -0.4 is 10.3 Å². The fourth-order valence-electron chi connectivity index (χ4n) is 2.04. The van der Waals surface area contributed by atoms with Crippen molar-refractivity contribution < 1.29 is 27.8 Å². The van der Waals surface area contributed by atoms with E-state index in [0.717, 1.165) is 28.8 Å². The molecule has 0 unspecified atom stereocenters. The largest absolute Gasteiger partial charge is 0.512 e. The molecule has 7 nitrogen and oxygen atoms in total. The summed E-state index contributed by atoms with van der Waals surface area (Å²) in [6.45, 7) is 0. The van der Waals surface area contributed by atoms with E-state index in [-0.39, 0.29) is 22.6 Å². The number of hydrogen-bond acceptors (Lipinski definition) is 4. The van der Waals surface area contributed by atoms with Crippen LogP contribution >= 0.6 is 0 Å². The van der Waals surface area contributed by atoms with Crippen LogP contribution in [0.15, 0.2) is 29.2 Å². The molecular weight excluding hydrogens is 307 g/mol. The van der Waals surface area contributed by atoms with Gasteiger partial charge in [0.05, 0.1) is 22.8 Å². The minimum Gasteiger partial charge on any atom is -0.449 e. The first kappa shape index (κ1) is 13.9. The molecule has 2 aromatic heterocycles. The lowest BCUT2D eigenvalue weighted by molar-refractivity contribution is -0.137. The van der Waals surface area contributed by atoms with Crippen molar-refractivity contribution in [2.24, 2.45) is 0 Å². The first-order valence-corrected chi connectivity index (χ1v) is 5.79. The van der Waals surface area contributed by atoms with E-state index in [2.05, 4.69) is 14.7 Å². The number of nitrogens with one attached hydrogen (secondary N) is 1. The van der Waals surface area contributed by atoms with Crippen molar-refractivity contribution in [3.63, 3.8) is 0 Å². The topological polar surface area (TPSA) is 96.7 Å². The van der Waals surface area contributed by atoms with Crippen LogP contribution in [0.1, 0.15) is 5.56 Å². The number of aromatic nitrogens is 3. The van der Waals surface area contributed by atoms with Gasteiger partial charge in [0.25, 0.3) is 5.56 Å². The summed E-state index contributed by atoms with van der Waals surface area (Å²) >= 11 is 0. The Balaban J connectivity index is 2.29. The van der Waals surface area contributed by atoms with Gasteiger partial charge in [0, 0.05) is 0 Å². The third kappa shape index (κ3) is 2.24. The van der Waals surface area contributed by atoms with E-state index in [9.17, 15) is 22.8 Å². The maximum absolute atomic E-state index is 12.7. The highest BCUT2D eigenvalue weighted by Gasteiger charge is 2.30. The van der Waals surface area contributed by atoms with Gasteiger partial charge < -0.3 is 14.8 Å². The molecule has 0 saturated carbocycles. The lowest BCUT2D eigenvalue weighted by atomic mass is 10.2. The van der Waals surface area contributed by atoms with Crippen LogP contribution in [0, 0.1) is 0 Å². The lowest BCUT2D eigenvalue weighted by Gasteiger charge is -2.08. The molecule has 0 aliphatic carbocycles. The number of H-pyrrole nitrogens is 1. The number of ether oxygens (including phenoxy) is 1. The van der Waals surface area contributed by atoms with Crippen molar-refractivity contribution in [3.8, 4) is 5.88 Å². The molecule has 0 fully saturated rings. The maximum Gasteiger partial charge on any atom is 0.512 e. The molecule has 0 radical (unpaired) electrons. The summed E-state index contributed by atoms with van der Waals surface area (Å²) in [5.74, 6) is -0.356. The van der Waals surface area contributed by atoms with Gasteiger partial charge in [-0.2, -0.15) is 18.2 Å². The smallest absolute Gasteiger partial charge is 0.449 e. The molecule has 10 heteroatoms. The van der Waals surface area contributed by atoms with Gasteiger partial charge in [0.1, 0.15) is 0 Å². The van der Waals surface area contributed by atoms with Gasteiger partial charge >= 0.3 is 12.3 Å². The van der Waals surface area contributed by atoms with E-state index < -0.39 is 23.5 Å². The van der Waals surface area contributed by atoms with Crippen molar-refractivity contribution in [3.05, 3.63) is 40.3 Å². The standard InChI is InChI=1S/C12H6F3N3O4/c13-12(14,15)5-1-2-7-6(3-5)16-10(19)9-17-8(4-18(7)9)22-11(20)21/h1-4H,(H,16,19)(H,20,21). The van der Waals surface area contributed by atoms with Gasteiger partial charge in [-0.3, -0.25) is 9.20 Å². The number of benzene rings is 1. The van der Waals surface area contributed by atoms with E-state index in [1.807, 2.05) is 0 Å². The van der Waals surface area contributed by atoms with E-state index in [1.54, 1.807) is 0 Å². The third-order valence-corrected chi connectivity index (χ3v) is 2.91. The number of imidazole rings is 1. The first-order valence-electron chi connectivity index (χ1n) is 5.79. The summed E-state index contributed by atoms with van der Waals surface area (Å²) in [5, 5.41) is 8.52. The van der Waals surface area contributed by atoms with Gasteiger partial charge in [-0.1, -0.05) is 0 Å². The molecule has 0 aliphatic rings. The molecular formula is C12H6F3N3O4. The number of hydrogen-bond donors (Lipinski definition) is 2. The Morgan fingerprint density at radius 3 is 2.73 bits per heavy atom. The minimum absolute atomic E-state index is 0.0633. The molecule has 114 valence electrons. The van der Waals surface area contributed by atoms with E-state index in [1.165, 1.54) is 0 Å². The highest BCUT2D eigenvalue weighted by molar-refractivity contribution is 5.78. The molecule has 2 heterocycles. The van der Waals surface area contributed by atoms with E-state index in [0.29, 0.717) is 0 Å². The number of carbonyl (C=O) groups is 1. The molecule has 1 aromatic carbocycles. The summed E-state index contributed by atoms with van der Waals surface area (Å²) in [5.41, 5.74) is -1.73. The molecule has 0 atom stereocenters. The molecule has 0 saturated heterocycles. The summed E-state index contributed by atoms with van der Waals surface area (Å²) in [6, 6.07) is 2.78. The van der Waals surface area contributed by atoms with Crippen molar-refractivity contribution in [2.45, 2.75) is 6.18 Å². The highest BCUT2D eigenvalue weighted by Crippen LogP contribution is 2.31. The van der Waals surface area contributed by atoms with E-state index >= 15 is 0 Å². The minimum atomic E-state index is -4.55. The number of nitrogens with zero attached hydrogens (tertiary/aromatic N) is 2. The van der Waals surface area contributed by atoms with Gasteiger partial charge in [-0.15, -0.1) is 0 Å². The third-order valence-electron chi connectivity index (χ3n) is 2.91. The predicted octanol–water partition coefficient (Wildman–Crippen LogP) is 2.25. The first-order chi connectivity index (χ1) is 10.3. The van der Waals surface area contributed by atoms with Crippen LogP contribution in [-0.4, -0.2) is 25.6 Å². The second-order valence-electron chi connectivity index (χ2n) is 4.32. The average molecular weight is 313 g/mol. The number of fused-ring (bicyclic) bond motifs is 3. The van der Waals surface area contributed by atoms with Gasteiger partial charge in [-0.05, 0) is 18.2 Å². The SMILES string of the molecule is O=C(O)Oc1cn2c(n1)c(=O)[nH]c1cc(C(F)(F)F)ccc12. The Morgan fingerprint density at radius 1 is 1.36 bits per heavy atom. The Bertz CT molecular complexity index is 958. The summed E-state index contributed by atoms with van der Waals surface area (Å²) < 4.78 is 43.5. The van der Waals surface area contributed by atoms with Crippen molar-refractivity contribution in [1.82, 2.24) is 14.4 Å². The molecule has 22 heavy (non-hydrogen) atoms.